The second-order valence-corrected chi connectivity index (χ2v) is 10.4. The largest absolute Gasteiger partial charge is 0.461 e. The van der Waals surface area contributed by atoms with E-state index < -0.39 is 5.41 Å². The van der Waals surface area contributed by atoms with Crippen LogP contribution in [0.3, 0.4) is 0 Å². The summed E-state index contributed by atoms with van der Waals surface area (Å²) >= 11 is 0. The first-order valence-electron chi connectivity index (χ1n) is 11.7. The molecular formula is C23H38Cl2N2O3. The third kappa shape index (κ3) is 3.72. The van der Waals surface area contributed by atoms with Gasteiger partial charge in [0, 0.05) is 24.9 Å². The van der Waals surface area contributed by atoms with Crippen molar-refractivity contribution in [3.63, 3.8) is 0 Å². The van der Waals surface area contributed by atoms with Crippen molar-refractivity contribution in [2.75, 3.05) is 32.7 Å². The number of fused-ring (bicyclic) bond motifs is 3. The number of ether oxygens (including phenoxy) is 1. The SMILES string of the molecule is C[C@H]1CC[C@H]2C(CN3CCCC3)C(=O)O[C@H]2[C@]2(C)C(=O)CC(N3CCCC3)[C@@H]12.Cl.Cl. The van der Waals surface area contributed by atoms with E-state index in [1.807, 2.05) is 0 Å². The fraction of sp³-hybridized carbons (Fsp3) is 0.913. The van der Waals surface area contributed by atoms with Crippen LogP contribution in [0.5, 0.6) is 0 Å². The lowest BCUT2D eigenvalue weighted by molar-refractivity contribution is -0.154. The van der Waals surface area contributed by atoms with E-state index >= 15 is 0 Å². The second kappa shape index (κ2) is 9.25. The summed E-state index contributed by atoms with van der Waals surface area (Å²) in [5, 5.41) is 0. The van der Waals surface area contributed by atoms with Gasteiger partial charge in [-0.05, 0) is 83.5 Å². The molecule has 7 heteroatoms. The van der Waals surface area contributed by atoms with Crippen molar-refractivity contribution in [2.45, 2.75) is 70.9 Å². The lowest BCUT2D eigenvalue weighted by Crippen LogP contribution is -2.49. The normalized spacial score (nSPS) is 44.1. The average Bonchev–Trinajstić information content (AvgIpc) is 3.43. The highest BCUT2D eigenvalue weighted by atomic mass is 35.5. The van der Waals surface area contributed by atoms with Crippen molar-refractivity contribution >= 4 is 36.6 Å². The third-order valence-corrected chi connectivity index (χ3v) is 8.98. The maximum Gasteiger partial charge on any atom is 0.310 e. The van der Waals surface area contributed by atoms with E-state index in [4.69, 9.17) is 4.74 Å². The van der Waals surface area contributed by atoms with Crippen molar-refractivity contribution in [1.29, 1.82) is 0 Å². The minimum absolute atomic E-state index is 0. The molecule has 0 radical (unpaired) electrons. The summed E-state index contributed by atoms with van der Waals surface area (Å²) in [5.74, 6) is 1.34. The van der Waals surface area contributed by atoms with E-state index in [2.05, 4.69) is 23.6 Å². The second-order valence-electron chi connectivity index (χ2n) is 10.4. The number of carbonyl (C=O) groups is 2. The van der Waals surface area contributed by atoms with Crippen LogP contribution in [0, 0.1) is 29.1 Å². The van der Waals surface area contributed by atoms with Crippen LogP contribution in [0.25, 0.3) is 0 Å². The number of esters is 1. The highest BCUT2D eigenvalue weighted by Gasteiger charge is 2.65. The van der Waals surface area contributed by atoms with Crippen LogP contribution < -0.4 is 0 Å². The molecule has 2 unspecified atom stereocenters. The number of carbonyl (C=O) groups excluding carboxylic acids is 2. The summed E-state index contributed by atoms with van der Waals surface area (Å²) < 4.78 is 6.11. The van der Waals surface area contributed by atoms with Gasteiger partial charge in [-0.3, -0.25) is 14.5 Å². The molecule has 3 aliphatic heterocycles. The molecule has 3 heterocycles. The first-order valence-corrected chi connectivity index (χ1v) is 11.7. The van der Waals surface area contributed by atoms with E-state index in [1.165, 1.54) is 25.7 Å². The Kier molecular flexibility index (Phi) is 7.49. The Morgan fingerprint density at radius 3 is 2.30 bits per heavy atom. The molecule has 172 valence electrons. The third-order valence-electron chi connectivity index (χ3n) is 8.98. The molecule has 5 rings (SSSR count). The quantitative estimate of drug-likeness (QED) is 0.602. The summed E-state index contributed by atoms with van der Waals surface area (Å²) in [4.78, 5) is 31.4. The Morgan fingerprint density at radius 2 is 1.63 bits per heavy atom. The van der Waals surface area contributed by atoms with Crippen molar-refractivity contribution in [3.05, 3.63) is 0 Å². The van der Waals surface area contributed by atoms with Crippen LogP contribution in [0.2, 0.25) is 0 Å². The molecule has 2 saturated carbocycles. The van der Waals surface area contributed by atoms with E-state index in [-0.39, 0.29) is 48.7 Å². The first kappa shape index (κ1) is 24.3. The van der Waals surface area contributed by atoms with Gasteiger partial charge in [-0.1, -0.05) is 6.92 Å². The highest BCUT2D eigenvalue weighted by Crippen LogP contribution is 2.58. The molecule has 30 heavy (non-hydrogen) atoms. The monoisotopic (exact) mass is 460 g/mol. The standard InChI is InChI=1S/C23H36N2O3.2ClH/c1-15-7-8-16-17(14-24-9-3-4-10-24)22(27)28-21(16)23(2)19(26)13-18(20(15)23)25-11-5-6-12-25;;/h15-18,20-21H,3-14H2,1-2H3;2*1H/t15-,16-,17?,18?,20+,21+,23+;;/m0../s1. The van der Waals surface area contributed by atoms with E-state index in [0.29, 0.717) is 30.1 Å². The lowest BCUT2D eigenvalue weighted by atomic mass is 9.67. The molecule has 5 nitrogen and oxygen atoms in total. The number of halogens is 2. The van der Waals surface area contributed by atoms with Gasteiger partial charge in [0.25, 0.3) is 0 Å². The molecule has 0 amide bonds. The van der Waals surface area contributed by atoms with Gasteiger partial charge in [0.15, 0.2) is 0 Å². The zero-order chi connectivity index (χ0) is 19.5. The van der Waals surface area contributed by atoms with Gasteiger partial charge in [-0.2, -0.15) is 0 Å². The minimum atomic E-state index is -0.497. The fourth-order valence-electron chi connectivity index (χ4n) is 7.56. The van der Waals surface area contributed by atoms with Crippen molar-refractivity contribution < 1.29 is 14.3 Å². The molecule has 0 bridgehead atoms. The molecule has 7 atom stereocenters. The molecule has 0 aromatic carbocycles. The predicted molar refractivity (Wildman–Crippen MR) is 121 cm³/mol. The molecule has 3 saturated heterocycles. The van der Waals surface area contributed by atoms with Crippen LogP contribution in [-0.2, 0) is 14.3 Å². The molecule has 2 aliphatic carbocycles. The van der Waals surface area contributed by atoms with Gasteiger partial charge in [-0.25, -0.2) is 0 Å². The van der Waals surface area contributed by atoms with Crippen molar-refractivity contribution in [1.82, 2.24) is 9.80 Å². The van der Waals surface area contributed by atoms with Crippen molar-refractivity contribution in [3.8, 4) is 0 Å². The van der Waals surface area contributed by atoms with E-state index in [9.17, 15) is 9.59 Å². The van der Waals surface area contributed by atoms with Gasteiger partial charge in [0.05, 0.1) is 11.3 Å². The summed E-state index contributed by atoms with van der Waals surface area (Å²) in [6, 6.07) is 0.352. The van der Waals surface area contributed by atoms with Gasteiger partial charge >= 0.3 is 5.97 Å². The number of hydrogen-bond donors (Lipinski definition) is 0. The summed E-state index contributed by atoms with van der Waals surface area (Å²) in [7, 11) is 0. The van der Waals surface area contributed by atoms with E-state index in [0.717, 1.165) is 45.6 Å². The van der Waals surface area contributed by atoms with Gasteiger partial charge in [0.1, 0.15) is 11.9 Å². The maximum atomic E-state index is 13.5. The van der Waals surface area contributed by atoms with Crippen LogP contribution in [0.4, 0.5) is 0 Å². The molecule has 0 aromatic heterocycles. The van der Waals surface area contributed by atoms with Gasteiger partial charge in [0.2, 0.25) is 0 Å². The van der Waals surface area contributed by atoms with E-state index in [1.54, 1.807) is 0 Å². The average molecular weight is 461 g/mol. The molecule has 0 spiro atoms. The Morgan fingerprint density at radius 1 is 1.00 bits per heavy atom. The smallest absolute Gasteiger partial charge is 0.310 e. The minimum Gasteiger partial charge on any atom is -0.461 e. The first-order chi connectivity index (χ1) is 13.5. The predicted octanol–water partition coefficient (Wildman–Crippen LogP) is 3.57. The zero-order valence-corrected chi connectivity index (χ0v) is 20.0. The van der Waals surface area contributed by atoms with Crippen LogP contribution >= 0.6 is 24.8 Å². The zero-order valence-electron chi connectivity index (χ0n) is 18.4. The van der Waals surface area contributed by atoms with Crippen LogP contribution in [0.15, 0.2) is 0 Å². The highest BCUT2D eigenvalue weighted by molar-refractivity contribution is 5.90. The molecule has 5 aliphatic rings. The fourth-order valence-corrected chi connectivity index (χ4v) is 7.56. The number of Topliss-reactive ketones (excluding diaryl/α,β-unsaturated/α-hetero) is 1. The lowest BCUT2D eigenvalue weighted by Gasteiger charge is -2.41. The number of nitrogens with zero attached hydrogens (tertiary/aromatic N) is 2. The van der Waals surface area contributed by atoms with Crippen LogP contribution in [-0.4, -0.2) is 66.4 Å². The number of rotatable bonds is 3. The number of hydrogen-bond acceptors (Lipinski definition) is 5. The van der Waals surface area contributed by atoms with Gasteiger partial charge in [-0.15, -0.1) is 24.8 Å². The van der Waals surface area contributed by atoms with Gasteiger partial charge < -0.3 is 9.64 Å². The summed E-state index contributed by atoms with van der Waals surface area (Å²) in [6.07, 6.45) is 7.58. The Labute approximate surface area is 193 Å². The maximum absolute atomic E-state index is 13.5. The number of likely N-dealkylation sites (tertiary alicyclic amines) is 2. The van der Waals surface area contributed by atoms with Crippen molar-refractivity contribution in [2.24, 2.45) is 29.1 Å². The Bertz CT molecular complexity index is 650. The molecule has 0 aromatic rings. The summed E-state index contributed by atoms with van der Waals surface area (Å²) in [5.41, 5.74) is -0.497. The molecule has 0 N–H and O–H groups in total. The molecule has 5 fully saturated rings. The number of ketones is 1. The summed E-state index contributed by atoms with van der Waals surface area (Å²) in [6.45, 7) is 9.80. The Balaban J connectivity index is 0.00000128. The topological polar surface area (TPSA) is 49.9 Å². The Hall–Kier alpha value is -0.360. The van der Waals surface area contributed by atoms with Crippen LogP contribution in [0.1, 0.15) is 58.8 Å². The molecular weight excluding hydrogens is 423 g/mol.